The Labute approximate surface area is 283 Å². The summed E-state index contributed by atoms with van der Waals surface area (Å²) in [5, 5.41) is 13.7. The molecule has 0 radical (unpaired) electrons. The zero-order valence-electron chi connectivity index (χ0n) is 30.1. The van der Waals surface area contributed by atoms with Crippen molar-refractivity contribution in [2.45, 2.75) is 111 Å². The molecule has 1 aromatic rings. The number of fused-ring (bicyclic) bond motifs is 7. The average molecular weight is 649 g/mol. The lowest BCUT2D eigenvalue weighted by Crippen LogP contribution is -2.68. The first-order valence-electron chi connectivity index (χ1n) is 19.1. The molecular formula is C41H61FN2O3. The molecule has 5 nitrogen and oxygen atoms in total. The molecule has 0 amide bonds. The minimum Gasteiger partial charge on any atom is -0.478 e. The van der Waals surface area contributed by atoms with Crippen LogP contribution in [0.5, 0.6) is 0 Å². The number of carboxylic acid groups (broad SMARTS) is 1. The second kappa shape index (κ2) is 11.9. The third-order valence-electron chi connectivity index (χ3n) is 16.2. The van der Waals surface area contributed by atoms with Crippen LogP contribution in [-0.2, 0) is 4.74 Å². The van der Waals surface area contributed by atoms with Crippen molar-refractivity contribution in [2.75, 3.05) is 39.4 Å². The number of hydrogen-bond donors (Lipinski definition) is 2. The van der Waals surface area contributed by atoms with Gasteiger partial charge in [-0.05, 0) is 132 Å². The number of ether oxygens (including phenoxy) is 1. The normalized spacial score (nSPS) is 42.9. The molecule has 9 atom stereocenters. The predicted molar refractivity (Wildman–Crippen MR) is 187 cm³/mol. The first-order valence-corrected chi connectivity index (χ1v) is 19.1. The Hall–Kier alpha value is -1.76. The number of allylic oxidation sites excluding steroid dienone is 2. The molecule has 0 aromatic heterocycles. The molecule has 5 fully saturated rings. The summed E-state index contributed by atoms with van der Waals surface area (Å²) >= 11 is 0. The Kier molecular flexibility index (Phi) is 8.57. The zero-order chi connectivity index (χ0) is 33.4. The van der Waals surface area contributed by atoms with E-state index < -0.39 is 11.8 Å². The molecule has 2 N–H and O–H groups in total. The summed E-state index contributed by atoms with van der Waals surface area (Å²) < 4.78 is 20.5. The highest BCUT2D eigenvalue weighted by Crippen LogP contribution is 2.76. The van der Waals surface area contributed by atoms with Gasteiger partial charge < -0.3 is 15.2 Å². The molecule has 1 aliphatic heterocycles. The van der Waals surface area contributed by atoms with Crippen LogP contribution in [0.4, 0.5) is 4.39 Å². The average Bonchev–Trinajstić information content (AvgIpc) is 3.40. The van der Waals surface area contributed by atoms with Crippen LogP contribution < -0.4 is 5.32 Å². The van der Waals surface area contributed by atoms with Crippen molar-refractivity contribution in [1.29, 1.82) is 0 Å². The maximum absolute atomic E-state index is 14.9. The lowest BCUT2D eigenvalue weighted by Gasteiger charge is -2.72. The van der Waals surface area contributed by atoms with Gasteiger partial charge in [0.05, 0.1) is 18.8 Å². The van der Waals surface area contributed by atoms with E-state index in [9.17, 15) is 14.3 Å². The Morgan fingerprint density at radius 3 is 2.45 bits per heavy atom. The van der Waals surface area contributed by atoms with E-state index in [1.165, 1.54) is 75.5 Å². The standard InChI is InChI=1S/C41H61FN2O3/c1-7-27-12-17-41(43-20-21-44-22-24-47-25-23-44)19-18-39(5)31(35(27)41)10-11-34-38(4)15-13-30(28-8-9-29(36(45)46)32(42)26-28)37(2,3)33(38)14-16-40(34,39)6/h8-9,13,26-27,31,33-35,43H,7,10-12,14-25H2,1-6H3,(H,45,46)/t27-,31-,33+,34-,35-,38+,39-,40-,41+/m1/s1. The molecule has 1 saturated heterocycles. The van der Waals surface area contributed by atoms with Gasteiger partial charge in [-0.2, -0.15) is 0 Å². The largest absolute Gasteiger partial charge is 0.478 e. The fraction of sp³-hybridized carbons (Fsp3) is 0.780. The number of carboxylic acids is 1. The Balaban J connectivity index is 1.16. The highest BCUT2D eigenvalue weighted by atomic mass is 19.1. The van der Waals surface area contributed by atoms with Crippen LogP contribution >= 0.6 is 0 Å². The molecule has 1 heterocycles. The summed E-state index contributed by atoms with van der Waals surface area (Å²) in [6.45, 7) is 21.4. The number of hydrogen-bond acceptors (Lipinski definition) is 4. The monoisotopic (exact) mass is 648 g/mol. The Morgan fingerprint density at radius 2 is 1.74 bits per heavy atom. The van der Waals surface area contributed by atoms with Gasteiger partial charge in [-0.25, -0.2) is 9.18 Å². The van der Waals surface area contributed by atoms with Gasteiger partial charge in [0.25, 0.3) is 0 Å². The molecule has 6 aliphatic rings. The highest BCUT2D eigenvalue weighted by molar-refractivity contribution is 5.88. The molecule has 0 bridgehead atoms. The second-order valence-electron chi connectivity index (χ2n) is 18.0. The van der Waals surface area contributed by atoms with Crippen molar-refractivity contribution in [3.8, 4) is 0 Å². The van der Waals surface area contributed by atoms with Crippen LogP contribution in [0.3, 0.4) is 0 Å². The number of rotatable bonds is 7. The third-order valence-corrected chi connectivity index (χ3v) is 16.2. The van der Waals surface area contributed by atoms with Crippen molar-refractivity contribution in [1.82, 2.24) is 10.2 Å². The maximum atomic E-state index is 14.9. The van der Waals surface area contributed by atoms with Crippen molar-refractivity contribution in [3.63, 3.8) is 0 Å². The number of benzene rings is 1. The molecule has 47 heavy (non-hydrogen) atoms. The van der Waals surface area contributed by atoms with Crippen LogP contribution in [0.25, 0.3) is 5.57 Å². The van der Waals surface area contributed by atoms with Crippen LogP contribution in [-0.4, -0.2) is 60.9 Å². The fourth-order valence-corrected chi connectivity index (χ4v) is 13.7. The summed E-state index contributed by atoms with van der Waals surface area (Å²) in [6, 6.07) is 4.75. The number of halogens is 1. The lowest BCUT2D eigenvalue weighted by molar-refractivity contribution is -0.220. The fourth-order valence-electron chi connectivity index (χ4n) is 13.7. The van der Waals surface area contributed by atoms with E-state index in [0.29, 0.717) is 28.2 Å². The van der Waals surface area contributed by atoms with E-state index in [1.54, 1.807) is 0 Å². The van der Waals surface area contributed by atoms with E-state index >= 15 is 0 Å². The van der Waals surface area contributed by atoms with Gasteiger partial charge in [0.2, 0.25) is 0 Å². The number of carbonyl (C=O) groups is 1. The number of nitrogens with zero attached hydrogens (tertiary/aromatic N) is 1. The van der Waals surface area contributed by atoms with Gasteiger partial charge in [0.15, 0.2) is 0 Å². The van der Waals surface area contributed by atoms with Crippen molar-refractivity contribution < 1.29 is 19.0 Å². The Morgan fingerprint density at radius 1 is 0.979 bits per heavy atom. The lowest BCUT2D eigenvalue weighted by atomic mass is 9.33. The minimum absolute atomic E-state index is 0.117. The van der Waals surface area contributed by atoms with Gasteiger partial charge in [-0.3, -0.25) is 4.90 Å². The van der Waals surface area contributed by atoms with E-state index in [2.05, 4.69) is 57.8 Å². The van der Waals surface area contributed by atoms with E-state index in [0.717, 1.165) is 69.1 Å². The molecular weight excluding hydrogens is 587 g/mol. The van der Waals surface area contributed by atoms with E-state index in [-0.39, 0.29) is 16.4 Å². The highest BCUT2D eigenvalue weighted by Gasteiger charge is 2.70. The Bertz CT molecular complexity index is 1400. The van der Waals surface area contributed by atoms with Gasteiger partial charge in [-0.1, -0.05) is 60.1 Å². The van der Waals surface area contributed by atoms with E-state index in [1.807, 2.05) is 6.07 Å². The van der Waals surface area contributed by atoms with Crippen LogP contribution in [0.1, 0.15) is 122 Å². The molecule has 4 saturated carbocycles. The first kappa shape index (κ1) is 33.7. The summed E-state index contributed by atoms with van der Waals surface area (Å²) in [6.07, 6.45) is 15.3. The maximum Gasteiger partial charge on any atom is 0.338 e. The first-order chi connectivity index (χ1) is 22.3. The van der Waals surface area contributed by atoms with Crippen molar-refractivity contribution in [3.05, 3.63) is 41.2 Å². The summed E-state index contributed by atoms with van der Waals surface area (Å²) in [5.41, 5.74) is 2.82. The smallest absolute Gasteiger partial charge is 0.338 e. The van der Waals surface area contributed by atoms with Crippen LogP contribution in [0, 0.1) is 57.1 Å². The molecule has 260 valence electrons. The molecule has 7 rings (SSSR count). The number of nitrogens with one attached hydrogen (secondary N) is 1. The molecule has 1 aromatic carbocycles. The van der Waals surface area contributed by atoms with Crippen LogP contribution in [0.2, 0.25) is 0 Å². The quantitative estimate of drug-likeness (QED) is 0.310. The van der Waals surface area contributed by atoms with Gasteiger partial charge in [0.1, 0.15) is 5.82 Å². The summed E-state index contributed by atoms with van der Waals surface area (Å²) in [4.78, 5) is 14.1. The van der Waals surface area contributed by atoms with Crippen molar-refractivity contribution in [2.24, 2.45) is 51.2 Å². The molecule has 0 unspecified atom stereocenters. The third kappa shape index (κ3) is 5.03. The topological polar surface area (TPSA) is 61.8 Å². The number of morpholine rings is 1. The van der Waals surface area contributed by atoms with E-state index in [4.69, 9.17) is 4.74 Å². The van der Waals surface area contributed by atoms with Crippen molar-refractivity contribution >= 4 is 11.5 Å². The summed E-state index contributed by atoms with van der Waals surface area (Å²) in [5.74, 6) is 1.71. The van der Waals surface area contributed by atoms with Crippen LogP contribution in [0.15, 0.2) is 24.3 Å². The zero-order valence-corrected chi connectivity index (χ0v) is 30.1. The second-order valence-corrected chi connectivity index (χ2v) is 18.0. The molecule has 6 heteroatoms. The molecule has 0 spiro atoms. The van der Waals surface area contributed by atoms with Gasteiger partial charge >= 0.3 is 5.97 Å². The summed E-state index contributed by atoms with van der Waals surface area (Å²) in [7, 11) is 0. The predicted octanol–water partition coefficient (Wildman–Crippen LogP) is 8.68. The number of aromatic carboxylic acids is 1. The van der Waals surface area contributed by atoms with Gasteiger partial charge in [-0.15, -0.1) is 0 Å². The minimum atomic E-state index is -1.21. The molecule has 5 aliphatic carbocycles. The SMILES string of the molecule is CC[C@@H]1CC[C@]2(NCCN3CCOCC3)CC[C@]3(C)[C@H](CC[C@@H]4[C@@]5(C)CC=C(c6ccc(C(=O)O)c(F)c6)C(C)(C)[C@@H]5CC[C@]43C)[C@@H]12. The van der Waals surface area contributed by atoms with Gasteiger partial charge in [0, 0.05) is 31.7 Å².